The molecule has 3 N–H and O–H groups in total. The lowest BCUT2D eigenvalue weighted by Gasteiger charge is -2.11. The lowest BCUT2D eigenvalue weighted by atomic mass is 10.4. The molecule has 0 spiro atoms. The molecule has 1 saturated carbocycles. The number of nitrogens with one attached hydrogen (secondary N) is 1. The summed E-state index contributed by atoms with van der Waals surface area (Å²) in [5.74, 6) is 1.60. The minimum absolute atomic E-state index is 0.343. The Bertz CT molecular complexity index is 379. The van der Waals surface area contributed by atoms with Crippen LogP contribution in [0.15, 0.2) is 0 Å². The second-order valence-electron chi connectivity index (χ2n) is 3.76. The lowest BCUT2D eigenvalue weighted by molar-refractivity contribution is 0.177. The van der Waals surface area contributed by atoms with E-state index in [1.807, 2.05) is 0 Å². The number of rotatable bonds is 5. The Kier molecular flexibility index (Phi) is 3.09. The van der Waals surface area contributed by atoms with Gasteiger partial charge < -0.3 is 20.5 Å². The number of aromatic nitrogens is 2. The van der Waals surface area contributed by atoms with Crippen LogP contribution in [0.25, 0.3) is 0 Å². The molecule has 0 radical (unpaired) electrons. The Hall–Kier alpha value is -1.56. The summed E-state index contributed by atoms with van der Waals surface area (Å²) < 4.78 is 10.1. The summed E-state index contributed by atoms with van der Waals surface area (Å²) in [5.41, 5.74) is 6.33. The van der Waals surface area contributed by atoms with Gasteiger partial charge in [0.25, 0.3) is 0 Å². The molecule has 16 heavy (non-hydrogen) atoms. The van der Waals surface area contributed by atoms with Gasteiger partial charge >= 0.3 is 0 Å². The van der Waals surface area contributed by atoms with Gasteiger partial charge in [0.15, 0.2) is 11.6 Å². The van der Waals surface area contributed by atoms with Crippen molar-refractivity contribution in [3.63, 3.8) is 0 Å². The Morgan fingerprint density at radius 2 is 2.12 bits per heavy atom. The highest BCUT2D eigenvalue weighted by Crippen LogP contribution is 2.30. The molecular formula is C10H16N4O2. The summed E-state index contributed by atoms with van der Waals surface area (Å²) in [6.07, 6.45) is 2.32. The van der Waals surface area contributed by atoms with Gasteiger partial charge in [-0.05, 0) is 12.8 Å². The van der Waals surface area contributed by atoms with Gasteiger partial charge in [-0.25, -0.2) is 4.98 Å². The highest BCUT2D eigenvalue weighted by molar-refractivity contribution is 5.67. The molecule has 1 aliphatic rings. The van der Waals surface area contributed by atoms with E-state index in [1.54, 1.807) is 7.11 Å². The first-order valence-corrected chi connectivity index (χ1v) is 5.20. The van der Waals surface area contributed by atoms with Crippen molar-refractivity contribution in [2.24, 2.45) is 0 Å². The molecule has 0 amide bonds. The quantitative estimate of drug-likeness (QED) is 0.769. The SMILES string of the molecule is COCc1nc(NC2CC2)c(N)c(OC)n1. The third-order valence-corrected chi connectivity index (χ3v) is 2.34. The number of hydrogen-bond donors (Lipinski definition) is 2. The van der Waals surface area contributed by atoms with Crippen molar-refractivity contribution < 1.29 is 9.47 Å². The molecule has 1 fully saturated rings. The van der Waals surface area contributed by atoms with Crippen LogP contribution in [0.5, 0.6) is 5.88 Å². The molecule has 0 atom stereocenters. The summed E-state index contributed by atoms with van der Waals surface area (Å²) in [7, 11) is 3.14. The van der Waals surface area contributed by atoms with E-state index in [0.29, 0.717) is 35.9 Å². The number of ether oxygens (including phenoxy) is 2. The first-order valence-electron chi connectivity index (χ1n) is 5.20. The molecule has 6 heteroatoms. The zero-order chi connectivity index (χ0) is 11.5. The molecule has 2 rings (SSSR count). The van der Waals surface area contributed by atoms with Crippen LogP contribution in [0.2, 0.25) is 0 Å². The molecular weight excluding hydrogens is 208 g/mol. The Labute approximate surface area is 94.2 Å². The van der Waals surface area contributed by atoms with Gasteiger partial charge in [0.05, 0.1) is 7.11 Å². The molecule has 1 aliphatic carbocycles. The van der Waals surface area contributed by atoms with Gasteiger partial charge in [-0.3, -0.25) is 0 Å². The van der Waals surface area contributed by atoms with Gasteiger partial charge in [0.1, 0.15) is 12.3 Å². The van der Waals surface area contributed by atoms with E-state index in [-0.39, 0.29) is 0 Å². The zero-order valence-electron chi connectivity index (χ0n) is 9.49. The molecule has 88 valence electrons. The highest BCUT2D eigenvalue weighted by Gasteiger charge is 2.23. The normalized spacial score (nSPS) is 14.9. The Balaban J connectivity index is 2.27. The molecule has 6 nitrogen and oxygen atoms in total. The third kappa shape index (κ3) is 2.33. The standard InChI is InChI=1S/C10H16N4O2/c1-15-5-7-13-9(12-6-3-4-6)8(11)10(14-7)16-2/h6H,3-5,11H2,1-2H3,(H,12,13,14). The fourth-order valence-electron chi connectivity index (χ4n) is 1.37. The summed E-state index contributed by atoms with van der Waals surface area (Å²) in [4.78, 5) is 8.44. The molecule has 1 heterocycles. The van der Waals surface area contributed by atoms with Crippen molar-refractivity contribution in [1.29, 1.82) is 0 Å². The molecule has 0 aliphatic heterocycles. The predicted molar refractivity (Wildman–Crippen MR) is 60.4 cm³/mol. The van der Waals surface area contributed by atoms with Crippen molar-refractivity contribution in [3.05, 3.63) is 5.82 Å². The predicted octanol–water partition coefficient (Wildman–Crippen LogP) is 0.788. The molecule has 1 aromatic heterocycles. The minimum Gasteiger partial charge on any atom is -0.479 e. The molecule has 0 aromatic carbocycles. The first-order chi connectivity index (χ1) is 7.74. The third-order valence-electron chi connectivity index (χ3n) is 2.34. The smallest absolute Gasteiger partial charge is 0.242 e. The largest absolute Gasteiger partial charge is 0.479 e. The zero-order valence-corrected chi connectivity index (χ0v) is 9.49. The van der Waals surface area contributed by atoms with Gasteiger partial charge in [-0.2, -0.15) is 4.98 Å². The van der Waals surface area contributed by atoms with Crippen molar-refractivity contribution in [3.8, 4) is 5.88 Å². The van der Waals surface area contributed by atoms with Crippen molar-refractivity contribution in [1.82, 2.24) is 9.97 Å². The van der Waals surface area contributed by atoms with E-state index in [0.717, 1.165) is 12.8 Å². The minimum atomic E-state index is 0.343. The van der Waals surface area contributed by atoms with Crippen molar-refractivity contribution in [2.45, 2.75) is 25.5 Å². The number of methoxy groups -OCH3 is 2. The van der Waals surface area contributed by atoms with E-state index in [9.17, 15) is 0 Å². The maximum atomic E-state index is 5.88. The Morgan fingerprint density at radius 3 is 2.69 bits per heavy atom. The summed E-state index contributed by atoms with van der Waals surface area (Å²) in [6, 6.07) is 0.484. The maximum Gasteiger partial charge on any atom is 0.242 e. The second-order valence-corrected chi connectivity index (χ2v) is 3.76. The van der Waals surface area contributed by atoms with Crippen LogP contribution in [0.1, 0.15) is 18.7 Å². The number of nitrogen functional groups attached to an aromatic ring is 1. The van der Waals surface area contributed by atoms with E-state index in [2.05, 4.69) is 15.3 Å². The molecule has 0 bridgehead atoms. The van der Waals surface area contributed by atoms with E-state index < -0.39 is 0 Å². The average molecular weight is 224 g/mol. The van der Waals surface area contributed by atoms with E-state index in [4.69, 9.17) is 15.2 Å². The number of hydrogen-bond acceptors (Lipinski definition) is 6. The van der Waals surface area contributed by atoms with Crippen LogP contribution < -0.4 is 15.8 Å². The summed E-state index contributed by atoms with van der Waals surface area (Å²) in [6.45, 7) is 0.343. The van der Waals surface area contributed by atoms with Crippen LogP contribution in [0.4, 0.5) is 11.5 Å². The first kappa shape index (κ1) is 10.9. The van der Waals surface area contributed by atoms with Crippen LogP contribution in [0, 0.1) is 0 Å². The number of nitrogens with two attached hydrogens (primary N) is 1. The van der Waals surface area contributed by atoms with Crippen LogP contribution >= 0.6 is 0 Å². The lowest BCUT2D eigenvalue weighted by Crippen LogP contribution is -2.11. The van der Waals surface area contributed by atoms with Crippen LogP contribution in [-0.2, 0) is 11.3 Å². The Morgan fingerprint density at radius 1 is 1.38 bits per heavy atom. The maximum absolute atomic E-state index is 5.88. The van der Waals surface area contributed by atoms with Gasteiger partial charge in [0, 0.05) is 13.2 Å². The fraction of sp³-hybridized carbons (Fsp3) is 0.600. The molecule has 0 unspecified atom stereocenters. The van der Waals surface area contributed by atoms with Gasteiger partial charge in [0.2, 0.25) is 5.88 Å². The van der Waals surface area contributed by atoms with Gasteiger partial charge in [-0.15, -0.1) is 0 Å². The average Bonchev–Trinajstić information content (AvgIpc) is 3.07. The number of nitrogens with zero attached hydrogens (tertiary/aromatic N) is 2. The fourth-order valence-corrected chi connectivity index (χ4v) is 1.37. The highest BCUT2D eigenvalue weighted by atomic mass is 16.5. The summed E-state index contributed by atoms with van der Waals surface area (Å²) >= 11 is 0. The topological polar surface area (TPSA) is 82.3 Å². The second kappa shape index (κ2) is 4.52. The summed E-state index contributed by atoms with van der Waals surface area (Å²) in [5, 5.41) is 3.25. The molecule has 0 saturated heterocycles. The van der Waals surface area contributed by atoms with Gasteiger partial charge in [-0.1, -0.05) is 0 Å². The number of anilines is 2. The molecule has 1 aromatic rings. The van der Waals surface area contributed by atoms with Crippen LogP contribution in [0.3, 0.4) is 0 Å². The van der Waals surface area contributed by atoms with Crippen molar-refractivity contribution >= 4 is 11.5 Å². The van der Waals surface area contributed by atoms with E-state index >= 15 is 0 Å². The van der Waals surface area contributed by atoms with E-state index in [1.165, 1.54) is 7.11 Å². The van der Waals surface area contributed by atoms with Crippen molar-refractivity contribution in [2.75, 3.05) is 25.3 Å². The monoisotopic (exact) mass is 224 g/mol. The van der Waals surface area contributed by atoms with Crippen LogP contribution in [-0.4, -0.2) is 30.2 Å².